The molecule has 2 aliphatic rings. The summed E-state index contributed by atoms with van der Waals surface area (Å²) in [6, 6.07) is 5.76. The van der Waals surface area contributed by atoms with Gasteiger partial charge in [-0.05, 0) is 32.3 Å². The van der Waals surface area contributed by atoms with E-state index in [-0.39, 0.29) is 6.10 Å². The Balaban J connectivity index is 1.35. The molecule has 8 heteroatoms. The fourth-order valence-corrected chi connectivity index (χ4v) is 3.92. The molecule has 4 heterocycles. The van der Waals surface area contributed by atoms with Gasteiger partial charge in [0.05, 0.1) is 6.54 Å². The number of hydrogen-bond acceptors (Lipinski definition) is 5. The number of aromatic nitrogens is 4. The lowest BCUT2D eigenvalue weighted by molar-refractivity contribution is 0.205. The Hall–Kier alpha value is -2.64. The minimum Gasteiger partial charge on any atom is -0.472 e. The Labute approximate surface area is 166 Å². The van der Waals surface area contributed by atoms with Crippen molar-refractivity contribution in [3.05, 3.63) is 36.0 Å². The van der Waals surface area contributed by atoms with Crippen LogP contribution in [-0.4, -0.2) is 62.9 Å². The number of hydrogen-bond donors (Lipinski definition) is 1. The number of fused-ring (bicyclic) bond motifs is 1. The number of rotatable bonds is 5. The molecular weight excluding hydrogens is 354 g/mol. The van der Waals surface area contributed by atoms with E-state index in [1.165, 1.54) is 0 Å². The van der Waals surface area contributed by atoms with E-state index < -0.39 is 0 Å². The molecule has 8 nitrogen and oxygen atoms in total. The first-order valence-electron chi connectivity index (χ1n) is 10.2. The summed E-state index contributed by atoms with van der Waals surface area (Å²) < 4.78 is 8.26. The van der Waals surface area contributed by atoms with Crippen LogP contribution >= 0.6 is 0 Å². The van der Waals surface area contributed by atoms with Crippen molar-refractivity contribution < 1.29 is 4.74 Å². The SMILES string of the molecule is CCNC(=NCC1CCc2nnc(C)n2C1)N1CCC(Oc2ccccn2)C1. The Morgan fingerprint density at radius 3 is 3.04 bits per heavy atom. The van der Waals surface area contributed by atoms with Crippen LogP contribution in [0, 0.1) is 12.8 Å². The Kier molecular flexibility index (Phi) is 5.73. The van der Waals surface area contributed by atoms with Crippen LogP contribution in [0.15, 0.2) is 29.4 Å². The number of nitrogens with one attached hydrogen (secondary N) is 1. The van der Waals surface area contributed by atoms with E-state index >= 15 is 0 Å². The van der Waals surface area contributed by atoms with Crippen molar-refractivity contribution >= 4 is 5.96 Å². The summed E-state index contributed by atoms with van der Waals surface area (Å²) in [6.07, 6.45) is 5.00. The molecule has 4 rings (SSSR count). The van der Waals surface area contributed by atoms with Gasteiger partial charge in [-0.2, -0.15) is 0 Å². The van der Waals surface area contributed by atoms with Gasteiger partial charge in [0.15, 0.2) is 5.96 Å². The zero-order valence-corrected chi connectivity index (χ0v) is 16.7. The van der Waals surface area contributed by atoms with E-state index in [9.17, 15) is 0 Å². The molecule has 1 N–H and O–H groups in total. The standard InChI is InChI=1S/C20H29N7O/c1-3-21-20(23-12-16-7-8-18-25-24-15(2)27(18)13-16)26-11-9-17(14-26)28-19-6-4-5-10-22-19/h4-6,10,16-17H,3,7-9,11-14H2,1-2H3,(H,21,23). The third-order valence-corrected chi connectivity index (χ3v) is 5.43. The molecule has 28 heavy (non-hydrogen) atoms. The molecule has 0 radical (unpaired) electrons. The first kappa shape index (κ1) is 18.7. The summed E-state index contributed by atoms with van der Waals surface area (Å²) in [5.74, 6) is 4.32. The molecule has 0 amide bonds. The Bertz CT molecular complexity index is 804. The van der Waals surface area contributed by atoms with Gasteiger partial charge in [-0.15, -0.1) is 10.2 Å². The fourth-order valence-electron chi connectivity index (χ4n) is 3.92. The Morgan fingerprint density at radius 1 is 1.29 bits per heavy atom. The number of guanidine groups is 1. The highest BCUT2D eigenvalue weighted by atomic mass is 16.5. The van der Waals surface area contributed by atoms with Crippen LogP contribution in [0.4, 0.5) is 0 Å². The topological polar surface area (TPSA) is 80.5 Å². The zero-order valence-electron chi connectivity index (χ0n) is 16.7. The van der Waals surface area contributed by atoms with Crippen LogP contribution in [0.25, 0.3) is 0 Å². The van der Waals surface area contributed by atoms with Gasteiger partial charge in [-0.3, -0.25) is 4.99 Å². The summed E-state index contributed by atoms with van der Waals surface area (Å²) in [5, 5.41) is 11.9. The number of aliphatic imine (C=N–C) groups is 1. The maximum absolute atomic E-state index is 6.02. The highest BCUT2D eigenvalue weighted by Gasteiger charge is 2.27. The Morgan fingerprint density at radius 2 is 2.21 bits per heavy atom. The molecule has 0 spiro atoms. The highest BCUT2D eigenvalue weighted by molar-refractivity contribution is 5.80. The van der Waals surface area contributed by atoms with Gasteiger partial charge in [-0.1, -0.05) is 6.07 Å². The van der Waals surface area contributed by atoms with Crippen molar-refractivity contribution in [1.82, 2.24) is 30.0 Å². The lowest BCUT2D eigenvalue weighted by Crippen LogP contribution is -2.41. The molecule has 2 atom stereocenters. The van der Waals surface area contributed by atoms with Crippen LogP contribution in [0.1, 0.15) is 31.4 Å². The van der Waals surface area contributed by atoms with Crippen LogP contribution in [0.5, 0.6) is 5.88 Å². The van der Waals surface area contributed by atoms with Crippen molar-refractivity contribution in [2.75, 3.05) is 26.2 Å². The molecule has 0 aliphatic carbocycles. The summed E-state index contributed by atoms with van der Waals surface area (Å²) in [4.78, 5) is 11.5. The first-order valence-corrected chi connectivity index (χ1v) is 10.2. The monoisotopic (exact) mass is 383 g/mol. The second-order valence-corrected chi connectivity index (χ2v) is 7.52. The molecule has 2 aromatic rings. The lowest BCUT2D eigenvalue weighted by Gasteiger charge is -2.25. The van der Waals surface area contributed by atoms with E-state index in [0.29, 0.717) is 11.8 Å². The van der Waals surface area contributed by atoms with E-state index in [2.05, 4.69) is 36.9 Å². The first-order chi connectivity index (χ1) is 13.7. The normalized spacial score (nSPS) is 22.2. The molecule has 150 valence electrons. The lowest BCUT2D eigenvalue weighted by atomic mass is 9.99. The third-order valence-electron chi connectivity index (χ3n) is 5.43. The summed E-state index contributed by atoms with van der Waals surface area (Å²) in [7, 11) is 0. The number of aryl methyl sites for hydroxylation is 2. The molecule has 0 bridgehead atoms. The van der Waals surface area contributed by atoms with Crippen LogP contribution in [0.3, 0.4) is 0 Å². The van der Waals surface area contributed by atoms with Crippen molar-refractivity contribution in [2.24, 2.45) is 10.9 Å². The minimum absolute atomic E-state index is 0.149. The average molecular weight is 384 g/mol. The smallest absolute Gasteiger partial charge is 0.213 e. The van der Waals surface area contributed by atoms with Gasteiger partial charge in [-0.25, -0.2) is 4.98 Å². The number of ether oxygens (including phenoxy) is 1. The zero-order chi connectivity index (χ0) is 19.3. The maximum Gasteiger partial charge on any atom is 0.213 e. The predicted molar refractivity (Wildman–Crippen MR) is 107 cm³/mol. The number of nitrogens with zero attached hydrogens (tertiary/aromatic N) is 6. The van der Waals surface area contributed by atoms with E-state index in [0.717, 1.165) is 69.6 Å². The predicted octanol–water partition coefficient (Wildman–Crippen LogP) is 1.66. The van der Waals surface area contributed by atoms with Crippen molar-refractivity contribution in [3.8, 4) is 5.88 Å². The van der Waals surface area contributed by atoms with E-state index in [1.807, 2.05) is 25.1 Å². The van der Waals surface area contributed by atoms with E-state index in [1.54, 1.807) is 6.20 Å². The van der Waals surface area contributed by atoms with Crippen molar-refractivity contribution in [3.63, 3.8) is 0 Å². The second kappa shape index (κ2) is 8.58. The average Bonchev–Trinajstić information content (AvgIpc) is 3.33. The number of pyridine rings is 1. The van der Waals surface area contributed by atoms with Gasteiger partial charge in [0.1, 0.15) is 17.8 Å². The molecule has 1 saturated heterocycles. The molecule has 0 saturated carbocycles. The third kappa shape index (κ3) is 4.26. The molecule has 1 fully saturated rings. The van der Waals surface area contributed by atoms with Crippen LogP contribution in [0.2, 0.25) is 0 Å². The van der Waals surface area contributed by atoms with Gasteiger partial charge >= 0.3 is 0 Å². The summed E-state index contributed by atoms with van der Waals surface area (Å²) >= 11 is 0. The molecule has 2 aromatic heterocycles. The van der Waals surface area contributed by atoms with Gasteiger partial charge in [0.25, 0.3) is 0 Å². The summed E-state index contributed by atoms with van der Waals surface area (Å²) in [5.41, 5.74) is 0. The van der Waals surface area contributed by atoms with Gasteiger partial charge in [0.2, 0.25) is 5.88 Å². The van der Waals surface area contributed by atoms with Crippen LogP contribution in [-0.2, 0) is 13.0 Å². The van der Waals surface area contributed by atoms with Gasteiger partial charge in [0, 0.05) is 51.3 Å². The maximum atomic E-state index is 6.02. The highest BCUT2D eigenvalue weighted by Crippen LogP contribution is 2.21. The van der Waals surface area contributed by atoms with Gasteiger partial charge < -0.3 is 19.5 Å². The second-order valence-electron chi connectivity index (χ2n) is 7.52. The fraction of sp³-hybridized carbons (Fsp3) is 0.600. The molecule has 2 unspecified atom stereocenters. The minimum atomic E-state index is 0.149. The van der Waals surface area contributed by atoms with Crippen molar-refractivity contribution in [2.45, 2.75) is 45.8 Å². The molecule has 0 aromatic carbocycles. The van der Waals surface area contributed by atoms with Crippen LogP contribution < -0.4 is 10.1 Å². The quantitative estimate of drug-likeness (QED) is 0.625. The van der Waals surface area contributed by atoms with E-state index in [4.69, 9.17) is 9.73 Å². The number of likely N-dealkylation sites (tertiary alicyclic amines) is 1. The summed E-state index contributed by atoms with van der Waals surface area (Å²) in [6.45, 7) is 8.56. The molecule has 2 aliphatic heterocycles. The van der Waals surface area contributed by atoms with Crippen molar-refractivity contribution in [1.29, 1.82) is 0 Å². The largest absolute Gasteiger partial charge is 0.472 e. The molecular formula is C20H29N7O.